The molecule has 6 heteroatoms. The van der Waals surface area contributed by atoms with Gasteiger partial charge in [-0.3, -0.25) is 9.78 Å². The normalized spacial score (nSPS) is 15.9. The highest BCUT2D eigenvalue weighted by Gasteiger charge is 2.27. The van der Waals surface area contributed by atoms with Gasteiger partial charge in [-0.25, -0.2) is 9.97 Å². The Bertz CT molecular complexity index is 975. The summed E-state index contributed by atoms with van der Waals surface area (Å²) in [6, 6.07) is 7.97. The number of pyridine rings is 2. The fourth-order valence-electron chi connectivity index (χ4n) is 3.58. The first kappa shape index (κ1) is 21.1. The van der Waals surface area contributed by atoms with Crippen molar-refractivity contribution in [2.24, 2.45) is 0 Å². The fraction of sp³-hybridized carbons (Fsp3) is 0.478. The van der Waals surface area contributed by atoms with Crippen LogP contribution in [0.2, 0.25) is 0 Å². The van der Waals surface area contributed by atoms with E-state index in [0.29, 0.717) is 18.2 Å². The first-order chi connectivity index (χ1) is 13.8. The number of rotatable bonds is 5. The van der Waals surface area contributed by atoms with E-state index in [1.807, 2.05) is 12.3 Å². The SMILES string of the molecule is CCC(=O)C[C@@](C)(O)c1ccccn1.Cc1ccnc2c1nc(C)n2C1CCC1. The van der Waals surface area contributed by atoms with Gasteiger partial charge in [-0.15, -0.1) is 0 Å². The Morgan fingerprint density at radius 1 is 1.21 bits per heavy atom. The lowest BCUT2D eigenvalue weighted by molar-refractivity contribution is -0.123. The Labute approximate surface area is 172 Å². The zero-order chi connectivity index (χ0) is 21.0. The van der Waals surface area contributed by atoms with Crippen molar-refractivity contribution in [2.75, 3.05) is 0 Å². The minimum atomic E-state index is -1.14. The third kappa shape index (κ3) is 4.70. The van der Waals surface area contributed by atoms with Crippen LogP contribution in [0.25, 0.3) is 11.2 Å². The van der Waals surface area contributed by atoms with Crippen molar-refractivity contribution in [1.29, 1.82) is 0 Å². The summed E-state index contributed by atoms with van der Waals surface area (Å²) in [7, 11) is 0. The molecule has 3 heterocycles. The van der Waals surface area contributed by atoms with Gasteiger partial charge in [0.25, 0.3) is 0 Å². The zero-order valence-corrected chi connectivity index (χ0v) is 17.7. The van der Waals surface area contributed by atoms with Crippen LogP contribution >= 0.6 is 0 Å². The third-order valence-electron chi connectivity index (χ3n) is 5.55. The molecule has 0 aromatic carbocycles. The summed E-state index contributed by atoms with van der Waals surface area (Å²) in [6.07, 6.45) is 7.97. The first-order valence-corrected chi connectivity index (χ1v) is 10.3. The van der Waals surface area contributed by atoms with Crippen molar-refractivity contribution < 1.29 is 9.90 Å². The standard InChI is InChI=1S/C12H15N3.C11H15NO2/c1-8-6-7-13-12-11(8)14-9(2)15(12)10-4-3-5-10;1-3-9(13)8-11(2,14)10-6-4-5-7-12-10/h6-7,10H,3-5H2,1-2H3;4-7,14H,3,8H2,1-2H3/t;11-/m.1/s1. The van der Waals surface area contributed by atoms with Crippen LogP contribution in [0.15, 0.2) is 36.7 Å². The number of carbonyl (C=O) groups is 1. The number of carbonyl (C=O) groups excluding carboxylic acids is 1. The van der Waals surface area contributed by atoms with E-state index < -0.39 is 5.60 Å². The summed E-state index contributed by atoms with van der Waals surface area (Å²) in [5.41, 5.74) is 2.76. The van der Waals surface area contributed by atoms with Crippen LogP contribution in [0.3, 0.4) is 0 Å². The van der Waals surface area contributed by atoms with Crippen LogP contribution in [-0.4, -0.2) is 30.4 Å². The molecule has 1 saturated carbocycles. The van der Waals surface area contributed by atoms with Crippen molar-refractivity contribution in [3.8, 4) is 0 Å². The van der Waals surface area contributed by atoms with Gasteiger partial charge in [0.1, 0.15) is 22.7 Å². The van der Waals surface area contributed by atoms with Gasteiger partial charge in [0.05, 0.1) is 5.69 Å². The molecule has 1 aliphatic rings. The molecule has 0 amide bonds. The van der Waals surface area contributed by atoms with Crippen molar-refractivity contribution in [3.05, 3.63) is 53.7 Å². The minimum Gasteiger partial charge on any atom is -0.383 e. The molecule has 29 heavy (non-hydrogen) atoms. The molecule has 154 valence electrons. The Balaban J connectivity index is 0.000000166. The van der Waals surface area contributed by atoms with Crippen LogP contribution in [-0.2, 0) is 10.4 Å². The third-order valence-corrected chi connectivity index (χ3v) is 5.55. The molecule has 0 bridgehead atoms. The Hall–Kier alpha value is -2.60. The summed E-state index contributed by atoms with van der Waals surface area (Å²) in [6.45, 7) is 7.58. The van der Waals surface area contributed by atoms with Crippen LogP contribution in [0.1, 0.15) is 69.1 Å². The van der Waals surface area contributed by atoms with Gasteiger partial charge in [-0.1, -0.05) is 13.0 Å². The van der Waals surface area contributed by atoms with Gasteiger partial charge in [-0.05, 0) is 63.8 Å². The highest BCUT2D eigenvalue weighted by atomic mass is 16.3. The van der Waals surface area contributed by atoms with E-state index >= 15 is 0 Å². The second-order valence-electron chi connectivity index (χ2n) is 7.97. The van der Waals surface area contributed by atoms with Crippen molar-refractivity contribution in [2.45, 2.75) is 71.4 Å². The fourth-order valence-corrected chi connectivity index (χ4v) is 3.58. The van der Waals surface area contributed by atoms with Gasteiger partial charge in [0, 0.05) is 31.3 Å². The maximum Gasteiger partial charge on any atom is 0.160 e. The average Bonchev–Trinajstić information content (AvgIpc) is 2.99. The Morgan fingerprint density at radius 2 is 1.97 bits per heavy atom. The molecule has 1 atom stereocenters. The number of aliphatic hydroxyl groups is 1. The monoisotopic (exact) mass is 394 g/mol. The van der Waals surface area contributed by atoms with Gasteiger partial charge in [0.2, 0.25) is 0 Å². The van der Waals surface area contributed by atoms with E-state index in [1.54, 1.807) is 38.2 Å². The highest BCUT2D eigenvalue weighted by molar-refractivity contribution is 5.79. The predicted molar refractivity (Wildman–Crippen MR) is 114 cm³/mol. The molecule has 0 unspecified atom stereocenters. The smallest absolute Gasteiger partial charge is 0.160 e. The van der Waals surface area contributed by atoms with Crippen molar-refractivity contribution in [1.82, 2.24) is 19.5 Å². The summed E-state index contributed by atoms with van der Waals surface area (Å²) < 4.78 is 2.31. The van der Waals surface area contributed by atoms with Crippen LogP contribution in [0, 0.1) is 13.8 Å². The Kier molecular flexibility index (Phi) is 6.42. The summed E-state index contributed by atoms with van der Waals surface area (Å²) >= 11 is 0. The number of ketones is 1. The van der Waals surface area contributed by atoms with Crippen LogP contribution < -0.4 is 0 Å². The molecule has 1 aliphatic carbocycles. The highest BCUT2D eigenvalue weighted by Crippen LogP contribution is 2.35. The average molecular weight is 395 g/mol. The van der Waals surface area contributed by atoms with E-state index in [9.17, 15) is 9.90 Å². The summed E-state index contributed by atoms with van der Waals surface area (Å²) in [5, 5.41) is 10.0. The number of fused-ring (bicyclic) bond motifs is 1. The minimum absolute atomic E-state index is 0.0423. The van der Waals surface area contributed by atoms with Gasteiger partial charge in [0.15, 0.2) is 5.65 Å². The van der Waals surface area contributed by atoms with E-state index in [2.05, 4.69) is 33.4 Å². The topological polar surface area (TPSA) is 80.9 Å². The molecular weight excluding hydrogens is 364 g/mol. The second kappa shape index (κ2) is 8.82. The van der Waals surface area contributed by atoms with Gasteiger partial charge in [-0.2, -0.15) is 0 Å². The molecule has 0 saturated heterocycles. The van der Waals surface area contributed by atoms with Gasteiger partial charge >= 0.3 is 0 Å². The lowest BCUT2D eigenvalue weighted by Gasteiger charge is -2.28. The first-order valence-electron chi connectivity index (χ1n) is 10.3. The number of hydrogen-bond acceptors (Lipinski definition) is 5. The predicted octanol–water partition coefficient (Wildman–Crippen LogP) is 4.43. The molecule has 0 aliphatic heterocycles. The molecule has 3 aromatic rings. The maximum absolute atomic E-state index is 11.2. The van der Waals surface area contributed by atoms with Gasteiger partial charge < -0.3 is 9.67 Å². The van der Waals surface area contributed by atoms with E-state index in [1.165, 1.54) is 24.8 Å². The summed E-state index contributed by atoms with van der Waals surface area (Å²) in [4.78, 5) is 24.3. The number of aromatic nitrogens is 4. The molecular formula is C23H30N4O2. The quantitative estimate of drug-likeness (QED) is 0.692. The van der Waals surface area contributed by atoms with Crippen molar-refractivity contribution in [3.63, 3.8) is 0 Å². The van der Waals surface area contributed by atoms with E-state index in [0.717, 1.165) is 17.0 Å². The Morgan fingerprint density at radius 3 is 2.55 bits per heavy atom. The van der Waals surface area contributed by atoms with E-state index in [4.69, 9.17) is 0 Å². The number of nitrogens with zero attached hydrogens (tertiary/aromatic N) is 4. The number of imidazole rings is 1. The lowest BCUT2D eigenvalue weighted by Crippen LogP contribution is -2.26. The zero-order valence-electron chi connectivity index (χ0n) is 17.7. The number of aryl methyl sites for hydroxylation is 2. The largest absolute Gasteiger partial charge is 0.383 e. The molecule has 1 N–H and O–H groups in total. The second-order valence-corrected chi connectivity index (χ2v) is 7.97. The number of Topliss-reactive ketones (excluding diaryl/α,β-unsaturated/α-hetero) is 1. The molecule has 0 radical (unpaired) electrons. The summed E-state index contributed by atoms with van der Waals surface area (Å²) in [5.74, 6) is 1.15. The van der Waals surface area contributed by atoms with Crippen LogP contribution in [0.5, 0.6) is 0 Å². The molecule has 3 aromatic heterocycles. The van der Waals surface area contributed by atoms with Crippen molar-refractivity contribution >= 4 is 16.9 Å². The molecule has 0 spiro atoms. The molecule has 1 fully saturated rings. The lowest BCUT2D eigenvalue weighted by atomic mass is 9.93. The maximum atomic E-state index is 11.2. The van der Waals surface area contributed by atoms with Crippen LogP contribution in [0.4, 0.5) is 0 Å². The number of hydrogen-bond donors (Lipinski definition) is 1. The molecule has 4 rings (SSSR count). The van der Waals surface area contributed by atoms with E-state index in [-0.39, 0.29) is 12.2 Å². The molecule has 6 nitrogen and oxygen atoms in total.